The second-order valence-corrected chi connectivity index (χ2v) is 6.81. The van der Waals surface area contributed by atoms with Crippen molar-refractivity contribution in [1.29, 1.82) is 0 Å². The number of halogens is 1. The number of hydrogen-bond donors (Lipinski definition) is 1. The van der Waals surface area contributed by atoms with Crippen LogP contribution in [0.5, 0.6) is 5.75 Å². The summed E-state index contributed by atoms with van der Waals surface area (Å²) in [5.74, 6) is 1.46. The summed E-state index contributed by atoms with van der Waals surface area (Å²) in [5.41, 5.74) is 0. The van der Waals surface area contributed by atoms with Crippen LogP contribution < -0.4 is 19.9 Å². The van der Waals surface area contributed by atoms with Crippen LogP contribution in [0.2, 0.25) is 0 Å². The summed E-state index contributed by atoms with van der Waals surface area (Å²) in [5, 5.41) is 2.75. The first kappa shape index (κ1) is 19.8. The number of amides is 1. The lowest BCUT2D eigenvalue weighted by Gasteiger charge is -2.27. The van der Waals surface area contributed by atoms with Crippen molar-refractivity contribution in [2.75, 3.05) is 43.6 Å². The van der Waals surface area contributed by atoms with E-state index in [0.29, 0.717) is 23.5 Å². The normalized spacial score (nSPS) is 13.9. The molecule has 2 heterocycles. The Kier molecular flexibility index (Phi) is 6.57. The highest BCUT2D eigenvalue weighted by Crippen LogP contribution is 2.18. The fraction of sp³-hybridized carbons (Fsp3) is 0.474. The molecule has 28 heavy (non-hydrogen) atoms. The predicted molar refractivity (Wildman–Crippen MR) is 104 cm³/mol. The monoisotopic (exact) mass is 388 g/mol. The first-order valence-electron chi connectivity index (χ1n) is 9.33. The zero-order valence-corrected chi connectivity index (χ0v) is 16.2. The minimum atomic E-state index is -0.354. The first-order chi connectivity index (χ1) is 13.5. The summed E-state index contributed by atoms with van der Waals surface area (Å²) >= 11 is 0. The number of hydrogen-bond acceptors (Lipinski definition) is 7. The quantitative estimate of drug-likeness (QED) is 0.774. The van der Waals surface area contributed by atoms with Gasteiger partial charge in [-0.3, -0.25) is 4.79 Å². The van der Waals surface area contributed by atoms with E-state index in [2.05, 4.69) is 25.2 Å². The highest BCUT2D eigenvalue weighted by atomic mass is 19.1. The highest BCUT2D eigenvalue weighted by molar-refractivity contribution is 5.77. The third kappa shape index (κ3) is 5.51. The zero-order valence-electron chi connectivity index (χ0n) is 16.2. The molecule has 0 bridgehead atoms. The van der Waals surface area contributed by atoms with Gasteiger partial charge in [-0.05, 0) is 43.5 Å². The van der Waals surface area contributed by atoms with Crippen LogP contribution in [0.3, 0.4) is 0 Å². The molecule has 1 aliphatic heterocycles. The van der Waals surface area contributed by atoms with Gasteiger partial charge in [0.1, 0.15) is 11.6 Å². The van der Waals surface area contributed by atoms with Crippen LogP contribution in [0.25, 0.3) is 0 Å². The van der Waals surface area contributed by atoms with Gasteiger partial charge in [0, 0.05) is 27.2 Å². The van der Waals surface area contributed by atoms with Crippen molar-refractivity contribution in [3.63, 3.8) is 0 Å². The molecule has 1 saturated heterocycles. The molecule has 8 nitrogen and oxygen atoms in total. The number of piperidine rings is 1. The van der Waals surface area contributed by atoms with Gasteiger partial charge in [-0.2, -0.15) is 15.0 Å². The maximum absolute atomic E-state index is 12.9. The molecule has 1 amide bonds. The maximum Gasteiger partial charge on any atom is 0.258 e. The molecule has 0 aliphatic carbocycles. The number of carbonyl (C=O) groups excluding carboxylic acids is 1. The molecule has 0 radical (unpaired) electrons. The van der Waals surface area contributed by atoms with E-state index in [-0.39, 0.29) is 24.9 Å². The Morgan fingerprint density at radius 1 is 1.14 bits per heavy atom. The van der Waals surface area contributed by atoms with Crippen LogP contribution in [-0.2, 0) is 11.3 Å². The number of nitrogens with zero attached hydrogens (tertiary/aromatic N) is 5. The molecular weight excluding hydrogens is 363 g/mol. The zero-order chi connectivity index (χ0) is 19.9. The molecule has 2 aromatic rings. The second-order valence-electron chi connectivity index (χ2n) is 6.81. The van der Waals surface area contributed by atoms with Gasteiger partial charge in [-0.15, -0.1) is 0 Å². The third-order valence-corrected chi connectivity index (χ3v) is 4.32. The fourth-order valence-electron chi connectivity index (χ4n) is 2.82. The van der Waals surface area contributed by atoms with Crippen LogP contribution in [-0.4, -0.2) is 54.7 Å². The van der Waals surface area contributed by atoms with Crippen LogP contribution in [0.1, 0.15) is 25.1 Å². The minimum Gasteiger partial charge on any atom is -0.484 e. The molecule has 0 atom stereocenters. The lowest BCUT2D eigenvalue weighted by atomic mass is 10.1. The Morgan fingerprint density at radius 3 is 2.54 bits per heavy atom. The van der Waals surface area contributed by atoms with Gasteiger partial charge in [0.05, 0.1) is 6.54 Å². The minimum absolute atomic E-state index is 0.170. The topological polar surface area (TPSA) is 83.5 Å². The van der Waals surface area contributed by atoms with E-state index in [9.17, 15) is 9.18 Å². The maximum atomic E-state index is 12.9. The summed E-state index contributed by atoms with van der Waals surface area (Å²) in [6.07, 6.45) is 3.46. The number of aromatic nitrogens is 3. The van der Waals surface area contributed by atoms with E-state index in [0.717, 1.165) is 25.9 Å². The molecule has 0 saturated carbocycles. The largest absolute Gasteiger partial charge is 0.484 e. The summed E-state index contributed by atoms with van der Waals surface area (Å²) in [6.45, 7) is 1.86. The Bertz CT molecular complexity index is 794. The number of rotatable bonds is 7. The average Bonchev–Trinajstić information content (AvgIpc) is 2.72. The summed E-state index contributed by atoms with van der Waals surface area (Å²) in [4.78, 5) is 29.5. The van der Waals surface area contributed by atoms with Crippen molar-refractivity contribution >= 4 is 17.8 Å². The van der Waals surface area contributed by atoms with E-state index in [4.69, 9.17) is 4.74 Å². The Labute approximate surface area is 163 Å². The van der Waals surface area contributed by atoms with Gasteiger partial charge in [-0.1, -0.05) is 0 Å². The molecule has 1 aromatic heterocycles. The van der Waals surface area contributed by atoms with Crippen LogP contribution in [0.4, 0.5) is 16.3 Å². The second kappa shape index (κ2) is 9.29. The van der Waals surface area contributed by atoms with Crippen molar-refractivity contribution < 1.29 is 13.9 Å². The van der Waals surface area contributed by atoms with Crippen LogP contribution in [0.15, 0.2) is 24.3 Å². The van der Waals surface area contributed by atoms with Crippen molar-refractivity contribution in [2.45, 2.75) is 25.8 Å². The van der Waals surface area contributed by atoms with Crippen molar-refractivity contribution in [2.24, 2.45) is 0 Å². The van der Waals surface area contributed by atoms with Gasteiger partial charge in [0.2, 0.25) is 11.9 Å². The summed E-state index contributed by atoms with van der Waals surface area (Å²) < 4.78 is 18.2. The van der Waals surface area contributed by atoms with E-state index < -0.39 is 0 Å². The van der Waals surface area contributed by atoms with Gasteiger partial charge in [-0.25, -0.2) is 4.39 Å². The van der Waals surface area contributed by atoms with Gasteiger partial charge in [0.25, 0.3) is 5.91 Å². The lowest BCUT2D eigenvalue weighted by molar-refractivity contribution is -0.123. The highest BCUT2D eigenvalue weighted by Gasteiger charge is 2.17. The Hall–Kier alpha value is -2.97. The Morgan fingerprint density at radius 2 is 1.86 bits per heavy atom. The molecular formula is C19H25FN6O2. The Balaban J connectivity index is 1.59. The molecule has 1 fully saturated rings. The van der Waals surface area contributed by atoms with Crippen LogP contribution >= 0.6 is 0 Å². The number of ether oxygens (including phenoxy) is 1. The lowest BCUT2D eigenvalue weighted by Crippen LogP contribution is -2.33. The van der Waals surface area contributed by atoms with E-state index in [1.807, 2.05) is 19.0 Å². The van der Waals surface area contributed by atoms with Gasteiger partial charge >= 0.3 is 0 Å². The molecule has 0 spiro atoms. The number of benzene rings is 1. The molecule has 3 rings (SSSR count). The number of carbonyl (C=O) groups is 1. The molecule has 9 heteroatoms. The summed E-state index contributed by atoms with van der Waals surface area (Å²) in [6, 6.07) is 5.51. The van der Waals surface area contributed by atoms with Gasteiger partial charge in [0.15, 0.2) is 12.4 Å². The number of nitrogens with one attached hydrogen (secondary N) is 1. The van der Waals surface area contributed by atoms with Crippen molar-refractivity contribution in [3.05, 3.63) is 35.9 Å². The van der Waals surface area contributed by atoms with Crippen LogP contribution in [0, 0.1) is 5.82 Å². The SMILES string of the molecule is CN(C)c1nc(CNC(=O)COc2ccc(F)cc2)nc(N2CCCCC2)n1. The van der Waals surface area contributed by atoms with E-state index in [1.165, 1.54) is 30.7 Å². The molecule has 1 aliphatic rings. The van der Waals surface area contributed by atoms with Crippen molar-refractivity contribution in [1.82, 2.24) is 20.3 Å². The predicted octanol–water partition coefficient (Wildman–Crippen LogP) is 1.76. The van der Waals surface area contributed by atoms with Gasteiger partial charge < -0.3 is 19.9 Å². The van der Waals surface area contributed by atoms with E-state index in [1.54, 1.807) is 0 Å². The third-order valence-electron chi connectivity index (χ3n) is 4.32. The van der Waals surface area contributed by atoms with Crippen molar-refractivity contribution in [3.8, 4) is 5.75 Å². The molecule has 1 aromatic carbocycles. The van der Waals surface area contributed by atoms with E-state index >= 15 is 0 Å². The molecule has 0 unspecified atom stereocenters. The first-order valence-corrected chi connectivity index (χ1v) is 9.33. The fourth-order valence-corrected chi connectivity index (χ4v) is 2.82. The number of anilines is 2. The summed E-state index contributed by atoms with van der Waals surface area (Å²) in [7, 11) is 3.74. The molecule has 150 valence electrons. The smallest absolute Gasteiger partial charge is 0.258 e. The molecule has 1 N–H and O–H groups in total. The average molecular weight is 388 g/mol. The standard InChI is InChI=1S/C19H25FN6O2/c1-25(2)18-22-16(23-19(24-18)26-10-4-3-5-11-26)12-21-17(27)13-28-15-8-6-14(20)7-9-15/h6-9H,3-5,10-13H2,1-2H3,(H,21,27).